The van der Waals surface area contributed by atoms with Crippen LogP contribution in [-0.4, -0.2) is 41.2 Å². The summed E-state index contributed by atoms with van der Waals surface area (Å²) in [5.41, 5.74) is 8.34. The smallest absolute Gasteiger partial charge is 0.400 e. The van der Waals surface area contributed by atoms with Gasteiger partial charge >= 0.3 is 7.12 Å². The van der Waals surface area contributed by atoms with Crippen molar-refractivity contribution in [2.45, 2.75) is 90.5 Å². The van der Waals surface area contributed by atoms with E-state index in [9.17, 15) is 4.79 Å². The predicted octanol–water partition coefficient (Wildman–Crippen LogP) is 2.95. The monoisotopic (exact) mass is 358 g/mol. The quantitative estimate of drug-likeness (QED) is 0.771. The molecule has 2 heterocycles. The molecule has 4 aliphatic rings. The van der Waals surface area contributed by atoms with Crippen molar-refractivity contribution in [3.8, 4) is 0 Å². The Hall–Kier alpha value is -1.11. The topological polar surface area (TPSA) is 64.8 Å². The van der Waals surface area contributed by atoms with Gasteiger partial charge in [-0.1, -0.05) is 0 Å². The summed E-state index contributed by atoms with van der Waals surface area (Å²) in [5.74, 6) is 0.214. The summed E-state index contributed by atoms with van der Waals surface area (Å²) in [7, 11) is -0.335. The van der Waals surface area contributed by atoms with Crippen molar-refractivity contribution in [3.63, 3.8) is 0 Å². The van der Waals surface area contributed by atoms with Gasteiger partial charge in [0.25, 0.3) is 0 Å². The van der Waals surface area contributed by atoms with E-state index < -0.39 is 5.41 Å². The molecule has 26 heavy (non-hydrogen) atoms. The lowest BCUT2D eigenvalue weighted by Gasteiger charge is -2.41. The van der Waals surface area contributed by atoms with Crippen molar-refractivity contribution < 1.29 is 14.1 Å². The van der Waals surface area contributed by atoms with Crippen molar-refractivity contribution >= 4 is 13.0 Å². The van der Waals surface area contributed by atoms with Crippen LogP contribution in [0.2, 0.25) is 0 Å². The van der Waals surface area contributed by atoms with E-state index in [1.165, 1.54) is 5.57 Å². The van der Waals surface area contributed by atoms with Gasteiger partial charge in [-0.2, -0.15) is 0 Å². The fraction of sp³-hybridized carbons (Fsp3) is 0.750. The Morgan fingerprint density at radius 1 is 1.08 bits per heavy atom. The zero-order chi connectivity index (χ0) is 19.1. The van der Waals surface area contributed by atoms with Crippen LogP contribution in [0.1, 0.15) is 67.2 Å². The van der Waals surface area contributed by atoms with Crippen LogP contribution in [-0.2, 0) is 14.1 Å². The van der Waals surface area contributed by atoms with Crippen LogP contribution in [0.15, 0.2) is 22.8 Å². The minimum atomic E-state index is -0.424. The summed E-state index contributed by atoms with van der Waals surface area (Å²) in [5, 5.41) is 0. The highest BCUT2D eigenvalue weighted by Crippen LogP contribution is 2.50. The molecule has 142 valence electrons. The molecule has 0 bridgehead atoms. The lowest BCUT2D eigenvalue weighted by atomic mass is 9.70. The zero-order valence-corrected chi connectivity index (χ0v) is 16.9. The van der Waals surface area contributed by atoms with E-state index in [0.29, 0.717) is 0 Å². The van der Waals surface area contributed by atoms with Crippen LogP contribution in [0.5, 0.6) is 0 Å². The number of hydrogen-bond donors (Lipinski definition) is 1. The molecular weight excluding hydrogens is 327 g/mol. The number of nitrogens with two attached hydrogens (primary N) is 1. The van der Waals surface area contributed by atoms with Crippen LogP contribution in [0.4, 0.5) is 0 Å². The van der Waals surface area contributed by atoms with Gasteiger partial charge < -0.3 is 19.9 Å². The predicted molar refractivity (Wildman–Crippen MR) is 102 cm³/mol. The molecule has 0 radical (unpaired) electrons. The molecule has 0 atom stereocenters. The first-order valence-corrected chi connectivity index (χ1v) is 9.83. The second kappa shape index (κ2) is 5.46. The Morgan fingerprint density at radius 3 is 2.19 bits per heavy atom. The van der Waals surface area contributed by atoms with Crippen molar-refractivity contribution in [2.24, 2.45) is 11.1 Å². The Balaban J connectivity index is 1.66. The SMILES string of the molecule is CC1(C)C(=O)N(C2CC(N)C2)C2=C1CCC(B1OC(C)(C)C(C)(C)O1)=C2. The molecule has 1 amide bonds. The van der Waals surface area contributed by atoms with E-state index >= 15 is 0 Å². The number of nitrogens with zero attached hydrogens (tertiary/aromatic N) is 1. The molecule has 0 spiro atoms. The molecule has 2 aliphatic heterocycles. The number of carbonyl (C=O) groups excluding carboxylic acids is 1. The maximum absolute atomic E-state index is 13.1. The van der Waals surface area contributed by atoms with Gasteiger partial charge in [-0.15, -0.1) is 0 Å². The van der Waals surface area contributed by atoms with Crippen LogP contribution >= 0.6 is 0 Å². The second-order valence-corrected chi connectivity index (χ2v) is 9.86. The summed E-state index contributed by atoms with van der Waals surface area (Å²) >= 11 is 0. The highest BCUT2D eigenvalue weighted by atomic mass is 16.7. The van der Waals surface area contributed by atoms with E-state index in [4.69, 9.17) is 15.0 Å². The average Bonchev–Trinajstić information content (AvgIpc) is 2.84. The summed E-state index contributed by atoms with van der Waals surface area (Å²) in [6.07, 6.45) is 5.71. The van der Waals surface area contributed by atoms with Gasteiger partial charge in [0.05, 0.1) is 16.6 Å². The zero-order valence-electron chi connectivity index (χ0n) is 16.9. The Bertz CT molecular complexity index is 701. The molecule has 0 aromatic carbocycles. The second-order valence-electron chi connectivity index (χ2n) is 9.86. The van der Waals surface area contributed by atoms with Gasteiger partial charge in [0.1, 0.15) is 0 Å². The molecule has 0 aromatic rings. The molecular formula is C20H31BN2O3. The van der Waals surface area contributed by atoms with E-state index in [2.05, 4.69) is 47.6 Å². The van der Waals surface area contributed by atoms with Crippen molar-refractivity contribution in [3.05, 3.63) is 22.8 Å². The standard InChI is InChI=1S/C20H31BN2O3/c1-18(2)15-8-7-12(21-25-19(3,4)20(5,6)26-21)9-16(15)23(17(18)24)14-10-13(22)11-14/h9,13-14H,7-8,10-11,22H2,1-6H3. The molecule has 0 unspecified atom stereocenters. The van der Waals surface area contributed by atoms with Crippen LogP contribution in [0.25, 0.3) is 0 Å². The van der Waals surface area contributed by atoms with E-state index in [1.807, 2.05) is 4.90 Å². The molecule has 0 aromatic heterocycles. The van der Waals surface area contributed by atoms with Crippen LogP contribution in [0.3, 0.4) is 0 Å². The number of rotatable bonds is 2. The van der Waals surface area contributed by atoms with Crippen molar-refractivity contribution in [1.29, 1.82) is 0 Å². The Labute approximate surface area is 157 Å². The molecule has 4 rings (SSSR count). The average molecular weight is 358 g/mol. The third-order valence-corrected chi connectivity index (χ3v) is 7.13. The summed E-state index contributed by atoms with van der Waals surface area (Å²) < 4.78 is 12.5. The number of hydrogen-bond acceptors (Lipinski definition) is 4. The summed E-state index contributed by atoms with van der Waals surface area (Å²) in [4.78, 5) is 15.1. The van der Waals surface area contributed by atoms with Gasteiger partial charge in [0.15, 0.2) is 0 Å². The fourth-order valence-corrected chi connectivity index (χ4v) is 4.50. The van der Waals surface area contributed by atoms with Crippen LogP contribution in [0, 0.1) is 5.41 Å². The first kappa shape index (κ1) is 18.3. The van der Waals surface area contributed by atoms with Gasteiger partial charge in [-0.3, -0.25) is 4.79 Å². The normalized spacial score (nSPS) is 34.7. The maximum Gasteiger partial charge on any atom is 0.490 e. The fourth-order valence-electron chi connectivity index (χ4n) is 4.50. The van der Waals surface area contributed by atoms with Gasteiger partial charge in [0.2, 0.25) is 5.91 Å². The van der Waals surface area contributed by atoms with E-state index in [-0.39, 0.29) is 36.3 Å². The Kier molecular flexibility index (Phi) is 3.84. The van der Waals surface area contributed by atoms with E-state index in [0.717, 1.165) is 36.9 Å². The summed E-state index contributed by atoms with van der Waals surface area (Å²) in [6.45, 7) is 12.4. The van der Waals surface area contributed by atoms with E-state index in [1.54, 1.807) is 0 Å². The molecule has 2 N–H and O–H groups in total. The van der Waals surface area contributed by atoms with Crippen molar-refractivity contribution in [2.75, 3.05) is 0 Å². The number of amides is 1. The number of allylic oxidation sites excluding steroid dienone is 2. The van der Waals surface area contributed by atoms with Gasteiger partial charge in [0, 0.05) is 17.8 Å². The Morgan fingerprint density at radius 2 is 1.65 bits per heavy atom. The minimum Gasteiger partial charge on any atom is -0.400 e. The molecule has 5 nitrogen and oxygen atoms in total. The largest absolute Gasteiger partial charge is 0.490 e. The van der Waals surface area contributed by atoms with Crippen molar-refractivity contribution in [1.82, 2.24) is 4.90 Å². The molecule has 2 fully saturated rings. The maximum atomic E-state index is 13.1. The first-order valence-electron chi connectivity index (χ1n) is 9.83. The van der Waals surface area contributed by atoms with Gasteiger partial charge in [-0.05, 0) is 84.3 Å². The molecule has 6 heteroatoms. The third-order valence-electron chi connectivity index (χ3n) is 7.13. The first-order chi connectivity index (χ1) is 11.9. The highest BCUT2D eigenvalue weighted by Gasteiger charge is 2.55. The van der Waals surface area contributed by atoms with Crippen LogP contribution < -0.4 is 5.73 Å². The molecule has 1 saturated carbocycles. The lowest BCUT2D eigenvalue weighted by Crippen LogP contribution is -2.52. The third kappa shape index (κ3) is 2.45. The molecule has 2 aliphatic carbocycles. The van der Waals surface area contributed by atoms with Gasteiger partial charge in [-0.25, -0.2) is 0 Å². The highest BCUT2D eigenvalue weighted by molar-refractivity contribution is 6.54. The lowest BCUT2D eigenvalue weighted by molar-refractivity contribution is -0.137. The summed E-state index contributed by atoms with van der Waals surface area (Å²) in [6, 6.07) is 0.453. The minimum absolute atomic E-state index is 0.214. The number of carbonyl (C=O) groups is 1. The molecule has 1 saturated heterocycles.